The van der Waals surface area contributed by atoms with Gasteiger partial charge in [-0.05, 0) is 37.3 Å². The van der Waals surface area contributed by atoms with Crippen molar-refractivity contribution in [2.75, 3.05) is 20.8 Å². The maximum absolute atomic E-state index is 13.6. The Kier molecular flexibility index (Phi) is 17.3. The first-order valence-corrected chi connectivity index (χ1v) is 13.9. The Hall–Kier alpha value is -1.81. The number of hydrogen-bond acceptors (Lipinski definition) is 6. The number of Topliss-reactive ketones (excluding diaryl/α,β-unsaturated/α-hetero) is 1. The van der Waals surface area contributed by atoms with E-state index in [9.17, 15) is 9.59 Å². The van der Waals surface area contributed by atoms with Crippen LogP contribution in [0.3, 0.4) is 0 Å². The third-order valence-corrected chi connectivity index (χ3v) is 6.82. The molecule has 1 aliphatic carbocycles. The number of carbonyl (C=O) groups is 2. The normalized spacial score (nSPS) is 14.1. The van der Waals surface area contributed by atoms with Gasteiger partial charge in [-0.2, -0.15) is 0 Å². The lowest BCUT2D eigenvalue weighted by Gasteiger charge is -2.22. The molecule has 1 aromatic carbocycles. The number of rotatable bonds is 17. The van der Waals surface area contributed by atoms with Gasteiger partial charge >= 0.3 is 5.97 Å². The molecule has 0 amide bonds. The van der Waals surface area contributed by atoms with Crippen LogP contribution in [-0.2, 0) is 14.1 Å². The van der Waals surface area contributed by atoms with E-state index in [1.165, 1.54) is 65.6 Å². The standard InChI is InChI=1S/C28H44O5.H3OP/c1-4-5-6-7-8-9-10-11-12-15-21-33-28(30)25(22-17-13-14-18-22)27(29)26-23(31-2)19-16-20-24(26)32-3;1-2/h16,19-20,22,25H,4-15,17-18,21H2,1-3H3;2H3. The van der Waals surface area contributed by atoms with Gasteiger partial charge in [-0.3, -0.25) is 9.59 Å². The molecule has 2 unspecified atom stereocenters. The van der Waals surface area contributed by atoms with Gasteiger partial charge in [0, 0.05) is 0 Å². The number of esters is 1. The quantitative estimate of drug-likeness (QED) is 0.0731. The molecule has 0 aliphatic heterocycles. The predicted molar refractivity (Wildman–Crippen MR) is 144 cm³/mol. The molecule has 2 rings (SSSR count). The highest BCUT2D eigenvalue weighted by Crippen LogP contribution is 2.38. The topological polar surface area (TPSA) is 78.9 Å². The molecule has 0 aromatic heterocycles. The van der Waals surface area contributed by atoms with E-state index in [1.807, 2.05) is 0 Å². The number of methoxy groups -OCH3 is 2. The van der Waals surface area contributed by atoms with Crippen LogP contribution in [0.15, 0.2) is 18.2 Å². The average molecular weight is 511 g/mol. The monoisotopic (exact) mass is 510 g/mol. The van der Waals surface area contributed by atoms with Crippen molar-refractivity contribution in [1.82, 2.24) is 0 Å². The summed E-state index contributed by atoms with van der Waals surface area (Å²) in [5.74, 6) is -0.539. The van der Waals surface area contributed by atoms with Crippen LogP contribution in [0.2, 0.25) is 0 Å². The van der Waals surface area contributed by atoms with Crippen LogP contribution in [0.1, 0.15) is 107 Å². The molecular formula is C28H47O6P. The minimum absolute atomic E-state index is 0.0207. The Morgan fingerprint density at radius 2 is 1.34 bits per heavy atom. The maximum atomic E-state index is 13.6. The molecule has 0 bridgehead atoms. The third kappa shape index (κ3) is 10.8. The Morgan fingerprint density at radius 1 is 0.857 bits per heavy atom. The molecule has 1 fully saturated rings. The Bertz CT molecular complexity index is 710. The molecule has 0 saturated heterocycles. The summed E-state index contributed by atoms with van der Waals surface area (Å²) in [5.41, 5.74) is 0.343. The molecule has 35 heavy (non-hydrogen) atoms. The van der Waals surface area contributed by atoms with E-state index in [0.29, 0.717) is 32.8 Å². The first kappa shape index (κ1) is 31.2. The zero-order chi connectivity index (χ0) is 25.9. The van der Waals surface area contributed by atoms with Gasteiger partial charge in [0.05, 0.1) is 29.9 Å². The first-order chi connectivity index (χ1) is 17.1. The van der Waals surface area contributed by atoms with Gasteiger partial charge in [0.25, 0.3) is 0 Å². The number of ketones is 1. The predicted octanol–water partition coefficient (Wildman–Crippen LogP) is 7.10. The largest absolute Gasteiger partial charge is 0.496 e. The summed E-state index contributed by atoms with van der Waals surface area (Å²) in [7, 11) is 3.67. The molecule has 1 saturated carbocycles. The molecule has 1 aliphatic rings. The summed E-state index contributed by atoms with van der Waals surface area (Å²) >= 11 is 0. The molecule has 6 nitrogen and oxygen atoms in total. The lowest BCUT2D eigenvalue weighted by atomic mass is 9.84. The van der Waals surface area contributed by atoms with Crippen LogP contribution < -0.4 is 9.47 Å². The van der Waals surface area contributed by atoms with Crippen LogP contribution in [-0.4, -0.2) is 32.6 Å². The van der Waals surface area contributed by atoms with E-state index in [0.717, 1.165) is 38.5 Å². The van der Waals surface area contributed by atoms with Crippen LogP contribution >= 0.6 is 9.12 Å². The van der Waals surface area contributed by atoms with Gasteiger partial charge < -0.3 is 18.8 Å². The van der Waals surface area contributed by atoms with Crippen molar-refractivity contribution < 1.29 is 28.4 Å². The van der Waals surface area contributed by atoms with Gasteiger partial charge in [0.1, 0.15) is 23.0 Å². The molecular weight excluding hydrogens is 463 g/mol. The Morgan fingerprint density at radius 3 is 1.83 bits per heavy atom. The molecule has 200 valence electrons. The fraction of sp³-hybridized carbons (Fsp3) is 0.714. The number of unbranched alkanes of at least 4 members (excludes halogenated alkanes) is 9. The van der Waals surface area contributed by atoms with E-state index >= 15 is 0 Å². The van der Waals surface area contributed by atoms with E-state index < -0.39 is 11.9 Å². The van der Waals surface area contributed by atoms with Gasteiger partial charge in [-0.1, -0.05) is 83.6 Å². The first-order valence-electron chi connectivity index (χ1n) is 13.3. The maximum Gasteiger partial charge on any atom is 0.317 e. The molecule has 0 N–H and O–H groups in total. The van der Waals surface area contributed by atoms with E-state index in [2.05, 4.69) is 6.92 Å². The summed E-state index contributed by atoms with van der Waals surface area (Å²) in [6, 6.07) is 5.25. The van der Waals surface area contributed by atoms with Crippen LogP contribution in [0.5, 0.6) is 11.5 Å². The second-order valence-corrected chi connectivity index (χ2v) is 9.27. The van der Waals surface area contributed by atoms with Gasteiger partial charge in [0.15, 0.2) is 5.78 Å². The Labute approximate surface area is 214 Å². The fourth-order valence-electron chi connectivity index (χ4n) is 4.91. The second-order valence-electron chi connectivity index (χ2n) is 9.27. The number of hydrogen-bond donors (Lipinski definition) is 0. The van der Waals surface area contributed by atoms with E-state index in [4.69, 9.17) is 18.8 Å². The van der Waals surface area contributed by atoms with Gasteiger partial charge in [-0.25, -0.2) is 0 Å². The summed E-state index contributed by atoms with van der Waals surface area (Å²) in [6.07, 6.45) is 16.1. The summed E-state index contributed by atoms with van der Waals surface area (Å²) in [4.78, 5) is 26.7. The van der Waals surface area contributed by atoms with Crippen molar-refractivity contribution >= 4 is 20.9 Å². The molecule has 0 heterocycles. The van der Waals surface area contributed by atoms with Gasteiger partial charge in [0.2, 0.25) is 0 Å². The molecule has 7 heteroatoms. The highest BCUT2D eigenvalue weighted by Gasteiger charge is 2.40. The molecule has 0 radical (unpaired) electrons. The number of ether oxygens (including phenoxy) is 3. The van der Waals surface area contributed by atoms with Crippen molar-refractivity contribution in [1.29, 1.82) is 0 Å². The number of carbonyl (C=O) groups excluding carboxylic acids is 2. The van der Waals surface area contributed by atoms with Crippen molar-refractivity contribution in [3.63, 3.8) is 0 Å². The van der Waals surface area contributed by atoms with Crippen molar-refractivity contribution in [3.8, 4) is 11.5 Å². The number of benzene rings is 1. The average Bonchev–Trinajstić information content (AvgIpc) is 3.42. The van der Waals surface area contributed by atoms with Gasteiger partial charge in [-0.15, -0.1) is 0 Å². The lowest BCUT2D eigenvalue weighted by Crippen LogP contribution is -2.33. The van der Waals surface area contributed by atoms with Crippen LogP contribution in [0, 0.1) is 11.8 Å². The molecule has 2 atom stereocenters. The van der Waals surface area contributed by atoms with Crippen LogP contribution in [0.25, 0.3) is 0 Å². The highest BCUT2D eigenvalue weighted by molar-refractivity contribution is 7.00. The fourth-order valence-corrected chi connectivity index (χ4v) is 4.91. The minimum atomic E-state index is -0.791. The zero-order valence-electron chi connectivity index (χ0n) is 22.1. The van der Waals surface area contributed by atoms with Crippen molar-refractivity contribution in [2.45, 2.75) is 96.8 Å². The van der Waals surface area contributed by atoms with Crippen molar-refractivity contribution in [2.24, 2.45) is 11.8 Å². The summed E-state index contributed by atoms with van der Waals surface area (Å²) < 4.78 is 24.8. The molecule has 0 spiro atoms. The van der Waals surface area contributed by atoms with E-state index in [1.54, 1.807) is 18.2 Å². The summed E-state index contributed by atoms with van der Waals surface area (Å²) in [6.45, 7) is 2.63. The minimum Gasteiger partial charge on any atom is -0.496 e. The smallest absolute Gasteiger partial charge is 0.317 e. The van der Waals surface area contributed by atoms with Crippen molar-refractivity contribution in [3.05, 3.63) is 23.8 Å². The summed E-state index contributed by atoms with van der Waals surface area (Å²) in [5, 5.41) is 0. The second kappa shape index (κ2) is 19.4. The highest BCUT2D eigenvalue weighted by atomic mass is 31.0. The Balaban J connectivity index is 0.00000298. The lowest BCUT2D eigenvalue weighted by molar-refractivity contribution is -0.148. The zero-order valence-corrected chi connectivity index (χ0v) is 23.6. The molecule has 1 aromatic rings. The van der Waals surface area contributed by atoms with Crippen LogP contribution in [0.4, 0.5) is 0 Å². The SMILES string of the molecule is CCCCCCCCCCCCOC(=O)C(C(=O)c1c(OC)cccc1OC)C1CCCC1.O=[PH3]. The van der Waals surface area contributed by atoms with E-state index in [-0.39, 0.29) is 11.7 Å². The third-order valence-electron chi connectivity index (χ3n) is 6.82.